The Kier molecular flexibility index (Phi) is 2.85. The van der Waals surface area contributed by atoms with Gasteiger partial charge in [0.25, 0.3) is 0 Å². The van der Waals surface area contributed by atoms with Crippen LogP contribution in [0.3, 0.4) is 0 Å². The monoisotopic (exact) mass is 190 g/mol. The van der Waals surface area contributed by atoms with E-state index in [0.717, 1.165) is 25.7 Å². The van der Waals surface area contributed by atoms with Gasteiger partial charge in [0, 0.05) is 12.3 Å². The molecule has 0 heterocycles. The number of Topliss-reactive ketones (excluding diaryl/α,β-unsaturated/α-hetero) is 1. The summed E-state index contributed by atoms with van der Waals surface area (Å²) in [5.74, 6) is 0.852. The second-order valence-corrected chi connectivity index (χ2v) is 4.60. The number of ketones is 1. The summed E-state index contributed by atoms with van der Waals surface area (Å²) in [6, 6.07) is 0. The third kappa shape index (κ3) is 2.14. The lowest BCUT2D eigenvalue weighted by atomic mass is 9.90. The molecule has 1 heteroatoms. The number of carbonyl (C=O) groups excluding carboxylic acids is 1. The second-order valence-electron chi connectivity index (χ2n) is 4.60. The van der Waals surface area contributed by atoms with E-state index in [1.807, 2.05) is 0 Å². The van der Waals surface area contributed by atoms with Crippen molar-refractivity contribution < 1.29 is 4.79 Å². The summed E-state index contributed by atoms with van der Waals surface area (Å²) in [5.41, 5.74) is 2.95. The molecule has 76 valence electrons. The van der Waals surface area contributed by atoms with Gasteiger partial charge in [0.2, 0.25) is 0 Å². The lowest BCUT2D eigenvalue weighted by Crippen LogP contribution is -2.08. The Bertz CT molecular complexity index is 296. The predicted molar refractivity (Wildman–Crippen MR) is 58.0 cm³/mol. The highest BCUT2D eigenvalue weighted by Crippen LogP contribution is 2.30. The standard InChI is InChI=1S/C13H18O/c1-10-5-7-11(8-6-10)9-12-3-2-4-13(12)14/h5,7,12H,2-4,6,8-9H2,1H3. The van der Waals surface area contributed by atoms with Crippen molar-refractivity contribution in [1.82, 2.24) is 0 Å². The molecule has 0 amide bonds. The average Bonchev–Trinajstić information content (AvgIpc) is 2.56. The molecule has 1 atom stereocenters. The van der Waals surface area contributed by atoms with Crippen molar-refractivity contribution in [2.24, 2.45) is 5.92 Å². The van der Waals surface area contributed by atoms with Gasteiger partial charge in [-0.3, -0.25) is 4.79 Å². The molecule has 2 aliphatic rings. The van der Waals surface area contributed by atoms with E-state index in [-0.39, 0.29) is 0 Å². The maximum atomic E-state index is 11.5. The maximum absolute atomic E-state index is 11.5. The van der Waals surface area contributed by atoms with Crippen LogP contribution in [0.4, 0.5) is 0 Å². The Morgan fingerprint density at radius 1 is 1.29 bits per heavy atom. The summed E-state index contributed by atoms with van der Waals surface area (Å²) < 4.78 is 0. The van der Waals surface area contributed by atoms with Crippen molar-refractivity contribution in [1.29, 1.82) is 0 Å². The first kappa shape index (κ1) is 9.70. The van der Waals surface area contributed by atoms with Crippen LogP contribution in [0.1, 0.15) is 45.4 Å². The first-order chi connectivity index (χ1) is 6.75. The van der Waals surface area contributed by atoms with E-state index in [4.69, 9.17) is 0 Å². The zero-order chi connectivity index (χ0) is 9.97. The lowest BCUT2D eigenvalue weighted by Gasteiger charge is -2.15. The van der Waals surface area contributed by atoms with Crippen molar-refractivity contribution in [3.8, 4) is 0 Å². The Morgan fingerprint density at radius 2 is 2.14 bits per heavy atom. The third-order valence-corrected chi connectivity index (χ3v) is 3.38. The molecule has 1 fully saturated rings. The van der Waals surface area contributed by atoms with Crippen LogP contribution in [0, 0.1) is 5.92 Å². The number of rotatable bonds is 2. The van der Waals surface area contributed by atoms with Gasteiger partial charge in [0.1, 0.15) is 5.78 Å². The summed E-state index contributed by atoms with van der Waals surface area (Å²) >= 11 is 0. The first-order valence-electron chi connectivity index (χ1n) is 5.63. The summed E-state index contributed by atoms with van der Waals surface area (Å²) in [6.07, 6.45) is 10.9. The van der Waals surface area contributed by atoms with E-state index in [0.29, 0.717) is 11.7 Å². The van der Waals surface area contributed by atoms with Crippen LogP contribution in [-0.4, -0.2) is 5.78 Å². The number of hydrogen-bond acceptors (Lipinski definition) is 1. The molecule has 0 radical (unpaired) electrons. The summed E-state index contributed by atoms with van der Waals surface area (Å²) in [4.78, 5) is 11.5. The van der Waals surface area contributed by atoms with Crippen molar-refractivity contribution in [3.63, 3.8) is 0 Å². The molecule has 0 aromatic heterocycles. The van der Waals surface area contributed by atoms with E-state index < -0.39 is 0 Å². The topological polar surface area (TPSA) is 17.1 Å². The quantitative estimate of drug-likeness (QED) is 0.652. The molecule has 0 aromatic carbocycles. The van der Waals surface area contributed by atoms with Gasteiger partial charge in [-0.15, -0.1) is 0 Å². The van der Waals surface area contributed by atoms with Gasteiger partial charge in [-0.25, -0.2) is 0 Å². The lowest BCUT2D eigenvalue weighted by molar-refractivity contribution is -0.120. The molecule has 14 heavy (non-hydrogen) atoms. The van der Waals surface area contributed by atoms with E-state index in [1.165, 1.54) is 24.0 Å². The Labute approximate surface area is 85.9 Å². The molecule has 2 rings (SSSR count). The van der Waals surface area contributed by atoms with Gasteiger partial charge < -0.3 is 0 Å². The third-order valence-electron chi connectivity index (χ3n) is 3.38. The van der Waals surface area contributed by atoms with Crippen molar-refractivity contribution in [3.05, 3.63) is 23.3 Å². The fourth-order valence-electron chi connectivity index (χ4n) is 2.37. The number of allylic oxidation sites excluding steroid dienone is 4. The first-order valence-corrected chi connectivity index (χ1v) is 5.63. The number of hydrogen-bond donors (Lipinski definition) is 0. The van der Waals surface area contributed by atoms with E-state index >= 15 is 0 Å². The van der Waals surface area contributed by atoms with Gasteiger partial charge in [-0.05, 0) is 39.0 Å². The highest BCUT2D eigenvalue weighted by Gasteiger charge is 2.25. The molecule has 0 saturated heterocycles. The van der Waals surface area contributed by atoms with Gasteiger partial charge in [-0.1, -0.05) is 23.3 Å². The van der Waals surface area contributed by atoms with Crippen LogP contribution in [0.25, 0.3) is 0 Å². The van der Waals surface area contributed by atoms with Crippen LogP contribution in [0.15, 0.2) is 23.3 Å². The Morgan fingerprint density at radius 3 is 2.71 bits per heavy atom. The minimum atomic E-state index is 0.355. The zero-order valence-corrected chi connectivity index (χ0v) is 8.88. The SMILES string of the molecule is CC1=CC=C(CC2CCCC2=O)CC1. The fraction of sp³-hybridized carbons (Fsp3) is 0.615. The fourth-order valence-corrected chi connectivity index (χ4v) is 2.37. The Balaban J connectivity index is 1.94. The molecule has 1 saturated carbocycles. The smallest absolute Gasteiger partial charge is 0.136 e. The van der Waals surface area contributed by atoms with Crippen molar-refractivity contribution >= 4 is 5.78 Å². The Hall–Kier alpha value is -0.850. The molecule has 0 bridgehead atoms. The zero-order valence-electron chi connectivity index (χ0n) is 8.88. The van der Waals surface area contributed by atoms with E-state index in [9.17, 15) is 4.79 Å². The molecular weight excluding hydrogens is 172 g/mol. The van der Waals surface area contributed by atoms with Gasteiger partial charge >= 0.3 is 0 Å². The predicted octanol–water partition coefficient (Wildman–Crippen LogP) is 3.41. The maximum Gasteiger partial charge on any atom is 0.136 e. The van der Waals surface area contributed by atoms with E-state index in [1.54, 1.807) is 0 Å². The van der Waals surface area contributed by atoms with E-state index in [2.05, 4.69) is 19.1 Å². The molecule has 0 aromatic rings. The van der Waals surface area contributed by atoms with Crippen molar-refractivity contribution in [2.75, 3.05) is 0 Å². The normalized spacial score (nSPS) is 27.5. The van der Waals surface area contributed by atoms with Gasteiger partial charge in [0.05, 0.1) is 0 Å². The molecule has 0 aliphatic heterocycles. The molecule has 2 aliphatic carbocycles. The van der Waals surface area contributed by atoms with Gasteiger partial charge in [0.15, 0.2) is 0 Å². The van der Waals surface area contributed by atoms with Gasteiger partial charge in [-0.2, -0.15) is 0 Å². The summed E-state index contributed by atoms with van der Waals surface area (Å²) in [6.45, 7) is 2.17. The molecule has 0 spiro atoms. The average molecular weight is 190 g/mol. The minimum absolute atomic E-state index is 0.355. The van der Waals surface area contributed by atoms with Crippen LogP contribution >= 0.6 is 0 Å². The van der Waals surface area contributed by atoms with Crippen LogP contribution in [-0.2, 0) is 4.79 Å². The molecule has 1 unspecified atom stereocenters. The minimum Gasteiger partial charge on any atom is -0.299 e. The molecule has 0 N–H and O–H groups in total. The van der Waals surface area contributed by atoms with Crippen LogP contribution in [0.5, 0.6) is 0 Å². The highest BCUT2D eigenvalue weighted by molar-refractivity contribution is 5.83. The van der Waals surface area contributed by atoms with Crippen LogP contribution < -0.4 is 0 Å². The molecule has 1 nitrogen and oxygen atoms in total. The second kappa shape index (κ2) is 4.12. The largest absolute Gasteiger partial charge is 0.299 e. The summed E-state index contributed by atoms with van der Waals surface area (Å²) in [7, 11) is 0. The molecular formula is C13H18O. The number of carbonyl (C=O) groups is 1. The van der Waals surface area contributed by atoms with Crippen molar-refractivity contribution in [2.45, 2.75) is 45.4 Å². The highest BCUT2D eigenvalue weighted by atomic mass is 16.1. The van der Waals surface area contributed by atoms with Crippen LogP contribution in [0.2, 0.25) is 0 Å². The summed E-state index contributed by atoms with van der Waals surface area (Å²) in [5, 5.41) is 0.